The van der Waals surface area contributed by atoms with Crippen LogP contribution in [0, 0.1) is 5.41 Å². The number of guanidine groups is 1. The van der Waals surface area contributed by atoms with Crippen LogP contribution in [-0.2, 0) is 6.42 Å². The molecule has 0 bridgehead atoms. The summed E-state index contributed by atoms with van der Waals surface area (Å²) in [5, 5.41) is 14.2. The molecule has 1 fully saturated rings. The summed E-state index contributed by atoms with van der Waals surface area (Å²) in [5.74, 6) is 0.312. The number of likely N-dealkylation sites (tertiary alicyclic amines) is 1. The van der Waals surface area contributed by atoms with Gasteiger partial charge < -0.3 is 15.5 Å². The zero-order chi connectivity index (χ0) is 17.5. The number of hydrogen-bond donors (Lipinski definition) is 3. The van der Waals surface area contributed by atoms with Crippen LogP contribution in [0.15, 0.2) is 54.6 Å². The highest BCUT2D eigenvalue weighted by atomic mass is 16.1. The van der Waals surface area contributed by atoms with Gasteiger partial charge in [-0.15, -0.1) is 0 Å². The second-order valence-electron chi connectivity index (χ2n) is 6.24. The number of anilines is 1. The van der Waals surface area contributed by atoms with E-state index in [-0.39, 0.29) is 5.91 Å². The van der Waals surface area contributed by atoms with Gasteiger partial charge in [-0.1, -0.05) is 36.4 Å². The van der Waals surface area contributed by atoms with Gasteiger partial charge in [-0.25, -0.2) is 0 Å². The third-order valence-electron chi connectivity index (χ3n) is 4.35. The quantitative estimate of drug-likeness (QED) is 0.580. The van der Waals surface area contributed by atoms with E-state index >= 15 is 0 Å². The topological polar surface area (TPSA) is 68.2 Å². The van der Waals surface area contributed by atoms with Gasteiger partial charge in [0.1, 0.15) is 0 Å². The number of rotatable bonds is 5. The van der Waals surface area contributed by atoms with Crippen LogP contribution in [0.2, 0.25) is 0 Å². The number of carbonyl (C=O) groups is 1. The highest BCUT2D eigenvalue weighted by Gasteiger charge is 2.15. The molecule has 1 saturated heterocycles. The van der Waals surface area contributed by atoms with Crippen molar-refractivity contribution in [3.63, 3.8) is 0 Å². The molecule has 130 valence electrons. The van der Waals surface area contributed by atoms with E-state index in [0.717, 1.165) is 38.0 Å². The van der Waals surface area contributed by atoms with Crippen LogP contribution < -0.4 is 10.6 Å². The zero-order valence-electron chi connectivity index (χ0n) is 14.3. The third-order valence-corrected chi connectivity index (χ3v) is 4.35. The minimum absolute atomic E-state index is 0.0905. The third kappa shape index (κ3) is 4.83. The van der Waals surface area contributed by atoms with Crippen molar-refractivity contribution in [1.82, 2.24) is 10.2 Å². The number of hydrogen-bond acceptors (Lipinski definition) is 2. The summed E-state index contributed by atoms with van der Waals surface area (Å²) in [6.07, 6.45) is 3.08. The van der Waals surface area contributed by atoms with Crippen molar-refractivity contribution in [2.24, 2.45) is 0 Å². The Kier molecular flexibility index (Phi) is 5.67. The molecule has 5 nitrogen and oxygen atoms in total. The van der Waals surface area contributed by atoms with Crippen molar-refractivity contribution >= 4 is 17.6 Å². The summed E-state index contributed by atoms with van der Waals surface area (Å²) in [5.41, 5.74) is 2.58. The van der Waals surface area contributed by atoms with E-state index < -0.39 is 0 Å². The summed E-state index contributed by atoms with van der Waals surface area (Å²) >= 11 is 0. The Morgan fingerprint density at radius 2 is 1.80 bits per heavy atom. The van der Waals surface area contributed by atoms with Gasteiger partial charge in [0.25, 0.3) is 5.91 Å². The molecule has 5 heteroatoms. The van der Waals surface area contributed by atoms with Crippen molar-refractivity contribution in [2.75, 3.05) is 25.0 Å². The molecule has 2 aromatic carbocycles. The maximum atomic E-state index is 12.3. The first-order valence-corrected chi connectivity index (χ1v) is 8.75. The minimum Gasteiger partial charge on any atom is -0.352 e. The lowest BCUT2D eigenvalue weighted by Gasteiger charge is -2.19. The Labute approximate surface area is 148 Å². The number of benzene rings is 2. The SMILES string of the molecule is N=C(Nc1cccc(C(=O)NCCc2ccccc2)c1)N1CCCC1. The number of carbonyl (C=O) groups excluding carboxylic acids is 1. The molecule has 0 saturated carbocycles. The van der Waals surface area contributed by atoms with E-state index in [1.807, 2.05) is 35.2 Å². The maximum absolute atomic E-state index is 12.3. The standard InChI is InChI=1S/C20H24N4O/c21-20(24-13-4-5-14-24)23-18-10-6-9-17(15-18)19(25)22-12-11-16-7-2-1-3-8-16/h1-3,6-10,15H,4-5,11-14H2,(H2,21,23)(H,22,25). The van der Waals surface area contributed by atoms with E-state index in [1.165, 1.54) is 5.56 Å². The normalized spacial score (nSPS) is 13.5. The Morgan fingerprint density at radius 1 is 1.04 bits per heavy atom. The van der Waals surface area contributed by atoms with Crippen molar-refractivity contribution in [2.45, 2.75) is 19.3 Å². The van der Waals surface area contributed by atoms with Crippen LogP contribution in [0.3, 0.4) is 0 Å². The molecule has 1 heterocycles. The fourth-order valence-corrected chi connectivity index (χ4v) is 2.96. The summed E-state index contributed by atoms with van der Waals surface area (Å²) in [4.78, 5) is 14.3. The lowest BCUT2D eigenvalue weighted by Crippen LogP contribution is -2.33. The van der Waals surface area contributed by atoms with Crippen molar-refractivity contribution in [3.8, 4) is 0 Å². The number of nitrogens with zero attached hydrogens (tertiary/aromatic N) is 1. The fourth-order valence-electron chi connectivity index (χ4n) is 2.96. The molecule has 0 unspecified atom stereocenters. The first-order valence-electron chi connectivity index (χ1n) is 8.75. The fraction of sp³-hybridized carbons (Fsp3) is 0.300. The molecule has 1 amide bonds. The second-order valence-corrected chi connectivity index (χ2v) is 6.24. The zero-order valence-corrected chi connectivity index (χ0v) is 14.3. The van der Waals surface area contributed by atoms with Gasteiger partial charge in [0.05, 0.1) is 0 Å². The predicted octanol–water partition coefficient (Wildman–Crippen LogP) is 3.10. The van der Waals surface area contributed by atoms with Crippen LogP contribution in [0.4, 0.5) is 5.69 Å². The average Bonchev–Trinajstić information content (AvgIpc) is 3.18. The number of nitrogens with one attached hydrogen (secondary N) is 3. The average molecular weight is 336 g/mol. The van der Waals surface area contributed by atoms with Gasteiger partial charge in [0.2, 0.25) is 0 Å². The van der Waals surface area contributed by atoms with Crippen molar-refractivity contribution in [1.29, 1.82) is 5.41 Å². The van der Waals surface area contributed by atoms with E-state index in [9.17, 15) is 4.79 Å². The molecule has 0 radical (unpaired) electrons. The van der Waals surface area contributed by atoms with E-state index in [0.29, 0.717) is 18.1 Å². The Balaban J connectivity index is 1.53. The van der Waals surface area contributed by atoms with Crippen LogP contribution in [0.1, 0.15) is 28.8 Å². The monoisotopic (exact) mass is 336 g/mol. The minimum atomic E-state index is -0.0905. The Morgan fingerprint density at radius 3 is 2.56 bits per heavy atom. The molecule has 3 rings (SSSR count). The highest BCUT2D eigenvalue weighted by molar-refractivity contribution is 5.97. The Bertz CT molecular complexity index is 723. The lowest BCUT2D eigenvalue weighted by atomic mass is 10.1. The largest absolute Gasteiger partial charge is 0.352 e. The second kappa shape index (κ2) is 8.33. The first kappa shape index (κ1) is 17.0. The van der Waals surface area contributed by atoms with E-state index in [2.05, 4.69) is 22.8 Å². The van der Waals surface area contributed by atoms with Gasteiger partial charge in [-0.3, -0.25) is 10.2 Å². The summed E-state index contributed by atoms with van der Waals surface area (Å²) in [6, 6.07) is 17.4. The van der Waals surface area contributed by atoms with Crippen LogP contribution >= 0.6 is 0 Å². The maximum Gasteiger partial charge on any atom is 0.251 e. The van der Waals surface area contributed by atoms with Crippen LogP contribution in [0.5, 0.6) is 0 Å². The van der Waals surface area contributed by atoms with Gasteiger partial charge in [0, 0.05) is 30.9 Å². The summed E-state index contributed by atoms with van der Waals surface area (Å²) < 4.78 is 0. The van der Waals surface area contributed by atoms with Gasteiger partial charge >= 0.3 is 0 Å². The van der Waals surface area contributed by atoms with Gasteiger partial charge in [-0.2, -0.15) is 0 Å². The van der Waals surface area contributed by atoms with E-state index in [4.69, 9.17) is 5.41 Å². The van der Waals surface area contributed by atoms with Crippen LogP contribution in [-0.4, -0.2) is 36.4 Å². The summed E-state index contributed by atoms with van der Waals surface area (Å²) in [6.45, 7) is 2.45. The predicted molar refractivity (Wildman–Crippen MR) is 101 cm³/mol. The highest BCUT2D eigenvalue weighted by Crippen LogP contribution is 2.13. The molecule has 2 aromatic rings. The molecule has 1 aliphatic heterocycles. The molecular weight excluding hydrogens is 312 g/mol. The van der Waals surface area contributed by atoms with Crippen molar-refractivity contribution < 1.29 is 4.79 Å². The lowest BCUT2D eigenvalue weighted by molar-refractivity contribution is 0.0954. The molecule has 0 atom stereocenters. The van der Waals surface area contributed by atoms with E-state index in [1.54, 1.807) is 12.1 Å². The smallest absolute Gasteiger partial charge is 0.251 e. The molecule has 1 aliphatic rings. The van der Waals surface area contributed by atoms with Crippen LogP contribution in [0.25, 0.3) is 0 Å². The molecule has 0 aromatic heterocycles. The molecule has 0 spiro atoms. The molecule has 3 N–H and O–H groups in total. The van der Waals surface area contributed by atoms with Gasteiger partial charge in [-0.05, 0) is 43.0 Å². The molecular formula is C20H24N4O. The summed E-state index contributed by atoms with van der Waals surface area (Å²) in [7, 11) is 0. The molecule has 0 aliphatic carbocycles. The van der Waals surface area contributed by atoms with Crippen molar-refractivity contribution in [3.05, 3.63) is 65.7 Å². The number of amides is 1. The Hall–Kier alpha value is -2.82. The molecule has 25 heavy (non-hydrogen) atoms. The first-order chi connectivity index (χ1) is 12.2. The van der Waals surface area contributed by atoms with Gasteiger partial charge in [0.15, 0.2) is 5.96 Å².